The Kier molecular flexibility index (Phi) is 6.33. The Morgan fingerprint density at radius 3 is 2.03 bits per heavy atom. The van der Waals surface area contributed by atoms with Crippen molar-refractivity contribution in [2.75, 3.05) is 4.90 Å². The van der Waals surface area contributed by atoms with Gasteiger partial charge >= 0.3 is 0 Å². The average molecular weight is 776 g/mol. The molecule has 0 fully saturated rings. The van der Waals surface area contributed by atoms with Crippen LogP contribution in [0.25, 0.3) is 0 Å². The minimum Gasteiger partial charge on any atom is -0.466 e. The van der Waals surface area contributed by atoms with Crippen LogP contribution in [0.4, 0.5) is 5.69 Å². The molecule has 2 N–H and O–H groups in total. The first-order valence-electron chi connectivity index (χ1n) is 11.2. The molecule has 9 nitrogen and oxygen atoms in total. The molecule has 3 aliphatic rings. The van der Waals surface area contributed by atoms with Gasteiger partial charge in [-0.15, -0.1) is 10.2 Å². The van der Waals surface area contributed by atoms with Crippen molar-refractivity contribution < 1.29 is 14.3 Å². The summed E-state index contributed by atoms with van der Waals surface area (Å²) in [4.78, 5) is 32.3. The maximum atomic E-state index is 13.4. The first-order valence-corrected chi connectivity index (χ1v) is 14.4. The van der Waals surface area contributed by atoms with Crippen LogP contribution in [0.2, 0.25) is 0 Å². The molecule has 0 bridgehead atoms. The molecule has 0 saturated heterocycles. The number of carbonyl (C=O) groups excluding carboxylic acids is 2. The van der Waals surface area contributed by atoms with Crippen LogP contribution in [-0.4, -0.2) is 29.4 Å². The molecule has 0 aliphatic carbocycles. The largest absolute Gasteiger partial charge is 0.466 e. The predicted octanol–water partition coefficient (Wildman–Crippen LogP) is 6.25. The monoisotopic (exact) mass is 772 g/mol. The van der Waals surface area contributed by atoms with Gasteiger partial charge in [0.05, 0.1) is 22.9 Å². The summed E-state index contributed by atoms with van der Waals surface area (Å²) in [5.41, 5.74) is 6.77. The van der Waals surface area contributed by atoms with Crippen LogP contribution >= 0.6 is 63.7 Å². The topological polar surface area (TPSA) is 133 Å². The molecular formula is C26H12Br4N6O3. The molecule has 39 heavy (non-hydrogen) atoms. The number of anilines is 1. The zero-order valence-electron chi connectivity index (χ0n) is 19.3. The van der Waals surface area contributed by atoms with E-state index in [9.17, 15) is 14.9 Å². The summed E-state index contributed by atoms with van der Waals surface area (Å²) in [5, 5.41) is 18.1. The Morgan fingerprint density at radius 2 is 1.46 bits per heavy atom. The summed E-state index contributed by atoms with van der Waals surface area (Å²) < 4.78 is 8.44. The fourth-order valence-corrected chi connectivity index (χ4v) is 7.10. The van der Waals surface area contributed by atoms with E-state index in [1.165, 1.54) is 0 Å². The molecule has 2 unspecified atom stereocenters. The summed E-state index contributed by atoms with van der Waals surface area (Å²) in [7, 11) is 0. The molecule has 3 aliphatic heterocycles. The highest BCUT2D eigenvalue weighted by Crippen LogP contribution is 2.47. The van der Waals surface area contributed by atoms with Crippen molar-refractivity contribution in [3.63, 3.8) is 0 Å². The highest BCUT2D eigenvalue weighted by atomic mass is 79.9. The van der Waals surface area contributed by atoms with Gasteiger partial charge in [-0.1, -0.05) is 30.3 Å². The summed E-state index contributed by atoms with van der Waals surface area (Å²) in [6.45, 7) is 0. The van der Waals surface area contributed by atoms with Gasteiger partial charge in [0.15, 0.2) is 17.8 Å². The summed E-state index contributed by atoms with van der Waals surface area (Å²) in [5.74, 6) is -0.594. The minimum absolute atomic E-state index is 0.00761. The van der Waals surface area contributed by atoms with E-state index in [-0.39, 0.29) is 28.7 Å². The number of halogens is 4. The van der Waals surface area contributed by atoms with Crippen LogP contribution in [-0.2, 0) is 4.74 Å². The van der Waals surface area contributed by atoms with Crippen molar-refractivity contribution in [2.24, 2.45) is 26.3 Å². The van der Waals surface area contributed by atoms with Crippen LogP contribution < -0.4 is 10.6 Å². The number of amides is 2. The maximum absolute atomic E-state index is 13.4. The minimum atomic E-state index is -1.46. The van der Waals surface area contributed by atoms with Gasteiger partial charge in [-0.05, 0) is 93.5 Å². The van der Waals surface area contributed by atoms with Crippen LogP contribution in [0.15, 0.2) is 87.7 Å². The van der Waals surface area contributed by atoms with Gasteiger partial charge < -0.3 is 10.5 Å². The van der Waals surface area contributed by atoms with Crippen molar-refractivity contribution in [3.05, 3.63) is 94.7 Å². The number of hydrogen-bond donors (Lipinski definition) is 1. The number of fused-ring (bicyclic) bond motifs is 2. The standard InChI is InChI=1S/C26H12Br4N6O3/c27-16-14-15(17(28)19(30)18(16)29)23(38)36(22(14)37)13-8-6-12(7-9-13)21-33-25-26(10-31,24(32)34-35-25)20(39-21)11-4-2-1-3-5-11/h1-9,20H,(H2,32,34). The number of nitriles is 1. The zero-order chi connectivity index (χ0) is 27.6. The molecule has 0 spiro atoms. The molecule has 0 aromatic heterocycles. The number of aliphatic imine (C=N–C) groups is 1. The van der Waals surface area contributed by atoms with Crippen molar-refractivity contribution in [1.29, 1.82) is 5.26 Å². The molecule has 0 radical (unpaired) electrons. The zero-order valence-corrected chi connectivity index (χ0v) is 25.7. The molecule has 3 aromatic rings. The van der Waals surface area contributed by atoms with Gasteiger partial charge in [0, 0.05) is 23.5 Å². The van der Waals surface area contributed by atoms with E-state index in [0.717, 1.165) is 4.90 Å². The van der Waals surface area contributed by atoms with E-state index in [1.807, 2.05) is 30.3 Å². The Balaban J connectivity index is 1.37. The molecule has 2 amide bonds. The first-order chi connectivity index (χ1) is 18.7. The van der Waals surface area contributed by atoms with Gasteiger partial charge in [-0.25, -0.2) is 4.90 Å². The third-order valence-corrected chi connectivity index (χ3v) is 11.4. The number of carbonyl (C=O) groups is 2. The van der Waals surface area contributed by atoms with Gasteiger partial charge in [-0.3, -0.25) is 9.59 Å². The molecule has 3 aromatic carbocycles. The number of imide groups is 1. The first kappa shape index (κ1) is 26.1. The molecular weight excluding hydrogens is 764 g/mol. The second-order valence-corrected chi connectivity index (χ2v) is 11.8. The summed E-state index contributed by atoms with van der Waals surface area (Å²) >= 11 is 13.7. The lowest BCUT2D eigenvalue weighted by molar-refractivity contribution is 0.0925. The fourth-order valence-electron chi connectivity index (χ4n) is 4.64. The molecule has 13 heteroatoms. The van der Waals surface area contributed by atoms with Gasteiger partial charge in [0.25, 0.3) is 11.8 Å². The number of hydrogen-bond acceptors (Lipinski definition) is 8. The van der Waals surface area contributed by atoms with Crippen molar-refractivity contribution in [1.82, 2.24) is 0 Å². The van der Waals surface area contributed by atoms with E-state index in [4.69, 9.17) is 10.5 Å². The lowest BCUT2D eigenvalue weighted by Crippen LogP contribution is -2.48. The number of benzene rings is 3. The van der Waals surface area contributed by atoms with Crippen molar-refractivity contribution in [2.45, 2.75) is 6.10 Å². The van der Waals surface area contributed by atoms with E-state index < -0.39 is 23.3 Å². The highest BCUT2D eigenvalue weighted by Gasteiger charge is 2.56. The SMILES string of the molecule is N#CC12C(N)=NN=C1N=C(c1ccc(N3C(=O)c4c(Br)c(Br)c(Br)c(Br)c4C3=O)cc1)OC2c1ccccc1. The average Bonchev–Trinajstić information content (AvgIpc) is 3.43. The number of nitrogens with zero attached hydrogens (tertiary/aromatic N) is 5. The number of amidine groups is 2. The number of rotatable bonds is 3. The quantitative estimate of drug-likeness (QED) is 0.191. The van der Waals surface area contributed by atoms with E-state index in [2.05, 4.69) is 85.0 Å². The second-order valence-electron chi connectivity index (χ2n) is 8.65. The van der Waals surface area contributed by atoms with Gasteiger partial charge in [0.2, 0.25) is 11.3 Å². The highest BCUT2D eigenvalue weighted by molar-refractivity contribution is 9.15. The van der Waals surface area contributed by atoms with Gasteiger partial charge in [0.1, 0.15) is 0 Å². The third-order valence-electron chi connectivity index (χ3n) is 6.59. The number of ether oxygens (including phenoxy) is 1. The smallest absolute Gasteiger partial charge is 0.267 e. The summed E-state index contributed by atoms with van der Waals surface area (Å²) in [6, 6.07) is 18.0. The maximum Gasteiger partial charge on any atom is 0.267 e. The van der Waals surface area contributed by atoms with E-state index in [1.54, 1.807) is 24.3 Å². The Labute approximate surface area is 255 Å². The van der Waals surface area contributed by atoms with Crippen molar-refractivity contribution in [3.8, 4) is 6.07 Å². The van der Waals surface area contributed by atoms with Gasteiger partial charge in [-0.2, -0.15) is 10.3 Å². The normalized spacial score (nSPS) is 21.5. The third kappa shape index (κ3) is 3.69. The molecule has 192 valence electrons. The van der Waals surface area contributed by atoms with E-state index >= 15 is 0 Å². The fraction of sp³-hybridized carbons (Fsp3) is 0.0769. The second kappa shape index (κ2) is 9.48. The predicted molar refractivity (Wildman–Crippen MR) is 159 cm³/mol. The lowest BCUT2D eigenvalue weighted by atomic mass is 9.77. The van der Waals surface area contributed by atoms with Crippen LogP contribution in [0.1, 0.15) is 37.9 Å². The van der Waals surface area contributed by atoms with Crippen molar-refractivity contribution >= 4 is 98.8 Å². The Bertz CT molecular complexity index is 1700. The molecule has 3 heterocycles. The molecule has 2 atom stereocenters. The van der Waals surface area contributed by atoms with Crippen LogP contribution in [0.3, 0.4) is 0 Å². The Morgan fingerprint density at radius 1 is 0.872 bits per heavy atom. The Hall–Kier alpha value is -3.18. The van der Waals surface area contributed by atoms with Crippen LogP contribution in [0, 0.1) is 16.7 Å². The summed E-state index contributed by atoms with van der Waals surface area (Å²) in [6.07, 6.45) is -0.844. The lowest BCUT2D eigenvalue weighted by Gasteiger charge is -2.35. The molecule has 6 rings (SSSR count). The molecule has 0 saturated carbocycles. The van der Waals surface area contributed by atoms with E-state index in [0.29, 0.717) is 34.7 Å². The van der Waals surface area contributed by atoms with Crippen LogP contribution in [0.5, 0.6) is 0 Å². The number of nitrogens with two attached hydrogens (primary N) is 1.